The number of carbonyl (C=O) groups is 1. The van der Waals surface area contributed by atoms with Crippen LogP contribution in [0.1, 0.15) is 13.8 Å². The van der Waals surface area contributed by atoms with Gasteiger partial charge in [0, 0.05) is 31.8 Å². The molecular formula is C11H18N2O. The molecule has 1 aliphatic rings. The molecule has 1 amide bonds. The number of hydrogen-bond acceptors (Lipinski definition) is 2. The van der Waals surface area contributed by atoms with Crippen LogP contribution < -0.4 is 5.32 Å². The van der Waals surface area contributed by atoms with Crippen molar-refractivity contribution >= 4 is 5.91 Å². The second kappa shape index (κ2) is 5.60. The zero-order chi connectivity index (χ0) is 10.4. The maximum Gasteiger partial charge on any atom is 0.246 e. The Balaban J connectivity index is 2.43. The highest BCUT2D eigenvalue weighted by Gasteiger charge is 2.17. The van der Waals surface area contributed by atoms with E-state index >= 15 is 0 Å². The predicted molar refractivity (Wildman–Crippen MR) is 58.0 cm³/mol. The lowest BCUT2D eigenvalue weighted by atomic mass is 10.2. The van der Waals surface area contributed by atoms with E-state index < -0.39 is 0 Å². The normalized spacial score (nSPS) is 23.6. The summed E-state index contributed by atoms with van der Waals surface area (Å²) in [6.07, 6.45) is 7.18. The van der Waals surface area contributed by atoms with Crippen LogP contribution in [0.3, 0.4) is 0 Å². The van der Waals surface area contributed by atoms with Crippen molar-refractivity contribution in [1.29, 1.82) is 0 Å². The Morgan fingerprint density at radius 2 is 2.29 bits per heavy atom. The molecule has 0 aromatic heterocycles. The van der Waals surface area contributed by atoms with Crippen LogP contribution in [-0.2, 0) is 4.79 Å². The van der Waals surface area contributed by atoms with Crippen molar-refractivity contribution in [2.24, 2.45) is 0 Å². The second-order valence-electron chi connectivity index (χ2n) is 3.52. The minimum Gasteiger partial charge on any atom is -0.336 e. The smallest absolute Gasteiger partial charge is 0.246 e. The maximum absolute atomic E-state index is 11.6. The number of amides is 1. The number of piperazine rings is 1. The lowest BCUT2D eigenvalue weighted by Gasteiger charge is -2.31. The third kappa shape index (κ3) is 3.34. The molecule has 1 aliphatic heterocycles. The quantitative estimate of drug-likeness (QED) is 0.524. The molecular weight excluding hydrogens is 176 g/mol. The molecule has 0 aromatic carbocycles. The maximum atomic E-state index is 11.6. The van der Waals surface area contributed by atoms with Gasteiger partial charge in [0.2, 0.25) is 5.91 Å². The highest BCUT2D eigenvalue weighted by Crippen LogP contribution is 1.99. The summed E-state index contributed by atoms with van der Waals surface area (Å²) in [6.45, 7) is 6.53. The molecule has 1 heterocycles. The lowest BCUT2D eigenvalue weighted by Crippen LogP contribution is -2.50. The van der Waals surface area contributed by atoms with E-state index in [0.29, 0.717) is 6.04 Å². The first-order valence-electron chi connectivity index (χ1n) is 5.05. The number of carbonyl (C=O) groups excluding carboxylic acids is 1. The lowest BCUT2D eigenvalue weighted by molar-refractivity contribution is -0.127. The fourth-order valence-electron chi connectivity index (χ4n) is 1.49. The van der Waals surface area contributed by atoms with E-state index in [1.54, 1.807) is 12.2 Å². The molecule has 14 heavy (non-hydrogen) atoms. The Kier molecular flexibility index (Phi) is 4.40. The van der Waals surface area contributed by atoms with Gasteiger partial charge in [-0.25, -0.2) is 0 Å². The third-order valence-corrected chi connectivity index (χ3v) is 2.22. The van der Waals surface area contributed by atoms with Crippen LogP contribution in [0.5, 0.6) is 0 Å². The molecule has 3 nitrogen and oxygen atoms in total. The minimum atomic E-state index is 0.108. The zero-order valence-electron chi connectivity index (χ0n) is 8.86. The van der Waals surface area contributed by atoms with Gasteiger partial charge in [0.05, 0.1) is 0 Å². The fraction of sp³-hybridized carbons (Fsp3) is 0.545. The predicted octanol–water partition coefficient (Wildman–Crippen LogP) is 0.939. The Labute approximate surface area is 85.5 Å². The van der Waals surface area contributed by atoms with Crippen LogP contribution in [0.4, 0.5) is 0 Å². The Hall–Kier alpha value is -1.09. The minimum absolute atomic E-state index is 0.108. The summed E-state index contributed by atoms with van der Waals surface area (Å²) in [5.41, 5.74) is 0. The summed E-state index contributed by atoms with van der Waals surface area (Å²) in [5.74, 6) is 0.108. The fourth-order valence-corrected chi connectivity index (χ4v) is 1.49. The molecule has 1 N–H and O–H groups in total. The molecule has 0 aromatic rings. The van der Waals surface area contributed by atoms with E-state index in [-0.39, 0.29) is 5.91 Å². The summed E-state index contributed by atoms with van der Waals surface area (Å²) in [4.78, 5) is 13.5. The molecule has 1 fully saturated rings. The third-order valence-electron chi connectivity index (χ3n) is 2.22. The largest absolute Gasteiger partial charge is 0.336 e. The van der Waals surface area contributed by atoms with Crippen molar-refractivity contribution < 1.29 is 4.79 Å². The molecule has 0 radical (unpaired) electrons. The Morgan fingerprint density at radius 1 is 1.50 bits per heavy atom. The van der Waals surface area contributed by atoms with Crippen LogP contribution in [0, 0.1) is 0 Å². The molecule has 78 valence electrons. The molecule has 0 spiro atoms. The van der Waals surface area contributed by atoms with Gasteiger partial charge in [-0.1, -0.05) is 18.2 Å². The van der Waals surface area contributed by atoms with Gasteiger partial charge < -0.3 is 10.2 Å². The van der Waals surface area contributed by atoms with Gasteiger partial charge in [-0.2, -0.15) is 0 Å². The Bertz CT molecular complexity index is 246. The molecule has 0 aliphatic carbocycles. The van der Waals surface area contributed by atoms with Crippen molar-refractivity contribution in [3.8, 4) is 0 Å². The number of rotatable bonds is 2. The molecule has 1 atom stereocenters. The van der Waals surface area contributed by atoms with Crippen LogP contribution in [0.25, 0.3) is 0 Å². The number of nitrogens with zero attached hydrogens (tertiary/aromatic N) is 1. The topological polar surface area (TPSA) is 32.3 Å². The second-order valence-corrected chi connectivity index (χ2v) is 3.52. The zero-order valence-corrected chi connectivity index (χ0v) is 8.86. The molecule has 1 saturated heterocycles. The van der Waals surface area contributed by atoms with Gasteiger partial charge in [0.25, 0.3) is 0 Å². The average molecular weight is 194 g/mol. The van der Waals surface area contributed by atoms with Crippen molar-refractivity contribution in [2.45, 2.75) is 19.9 Å². The van der Waals surface area contributed by atoms with Crippen LogP contribution in [0.15, 0.2) is 24.3 Å². The van der Waals surface area contributed by atoms with Crippen molar-refractivity contribution in [1.82, 2.24) is 10.2 Å². The molecule has 1 rings (SSSR count). The number of hydrogen-bond donors (Lipinski definition) is 1. The van der Waals surface area contributed by atoms with Gasteiger partial charge in [-0.3, -0.25) is 4.79 Å². The first-order chi connectivity index (χ1) is 6.74. The molecule has 1 unspecified atom stereocenters. The van der Waals surface area contributed by atoms with E-state index in [2.05, 4.69) is 12.2 Å². The SMILES string of the molecule is C/C=C/C=C/C(=O)N1CCNC(C)C1. The number of nitrogens with one attached hydrogen (secondary N) is 1. The van der Waals surface area contributed by atoms with Crippen molar-refractivity contribution in [3.05, 3.63) is 24.3 Å². The monoisotopic (exact) mass is 194 g/mol. The molecule has 0 bridgehead atoms. The van der Waals surface area contributed by atoms with E-state index in [1.807, 2.05) is 24.0 Å². The summed E-state index contributed by atoms with van der Waals surface area (Å²) in [7, 11) is 0. The van der Waals surface area contributed by atoms with Crippen LogP contribution >= 0.6 is 0 Å². The molecule has 0 saturated carbocycles. The van der Waals surface area contributed by atoms with Gasteiger partial charge in [0.15, 0.2) is 0 Å². The highest BCUT2D eigenvalue weighted by molar-refractivity contribution is 5.88. The van der Waals surface area contributed by atoms with Gasteiger partial charge in [0.1, 0.15) is 0 Å². The van der Waals surface area contributed by atoms with Gasteiger partial charge in [-0.05, 0) is 13.8 Å². The summed E-state index contributed by atoms with van der Waals surface area (Å²) in [6, 6.07) is 0.405. The standard InChI is InChI=1S/C11H18N2O/c1-3-4-5-6-11(14)13-8-7-12-10(2)9-13/h3-6,10,12H,7-9H2,1-2H3/b4-3+,6-5+. The summed E-state index contributed by atoms with van der Waals surface area (Å²) >= 11 is 0. The van der Waals surface area contributed by atoms with Crippen LogP contribution in [-0.4, -0.2) is 36.5 Å². The van der Waals surface area contributed by atoms with E-state index in [9.17, 15) is 4.79 Å². The van der Waals surface area contributed by atoms with E-state index in [0.717, 1.165) is 19.6 Å². The first-order valence-corrected chi connectivity index (χ1v) is 5.05. The van der Waals surface area contributed by atoms with Gasteiger partial charge in [-0.15, -0.1) is 0 Å². The average Bonchev–Trinajstić information content (AvgIpc) is 2.18. The van der Waals surface area contributed by atoms with Crippen LogP contribution in [0.2, 0.25) is 0 Å². The van der Waals surface area contributed by atoms with E-state index in [1.165, 1.54) is 0 Å². The van der Waals surface area contributed by atoms with E-state index in [4.69, 9.17) is 0 Å². The summed E-state index contributed by atoms with van der Waals surface area (Å²) < 4.78 is 0. The van der Waals surface area contributed by atoms with Crippen molar-refractivity contribution in [2.75, 3.05) is 19.6 Å². The first kappa shape index (κ1) is 11.0. The molecule has 3 heteroatoms. The summed E-state index contributed by atoms with van der Waals surface area (Å²) in [5, 5.41) is 3.30. The van der Waals surface area contributed by atoms with Crippen molar-refractivity contribution in [3.63, 3.8) is 0 Å². The highest BCUT2D eigenvalue weighted by atomic mass is 16.2. The van der Waals surface area contributed by atoms with Gasteiger partial charge >= 0.3 is 0 Å². The number of allylic oxidation sites excluding steroid dienone is 3. The Morgan fingerprint density at radius 3 is 2.93 bits per heavy atom.